The zero-order chi connectivity index (χ0) is 14.3. The first kappa shape index (κ1) is 15.6. The van der Waals surface area contributed by atoms with Gasteiger partial charge in [0, 0.05) is 25.2 Å². The molecule has 1 fully saturated rings. The van der Waals surface area contributed by atoms with Gasteiger partial charge in [-0.1, -0.05) is 32.9 Å². The number of rotatable bonds is 3. The smallest absolute Gasteiger partial charge is 0.269 e. The minimum Gasteiger partial charge on any atom is -0.299 e. The van der Waals surface area contributed by atoms with E-state index in [1.54, 1.807) is 12.1 Å². The van der Waals surface area contributed by atoms with Crippen molar-refractivity contribution in [3.63, 3.8) is 0 Å². The van der Waals surface area contributed by atoms with Gasteiger partial charge < -0.3 is 0 Å². The predicted octanol–water partition coefficient (Wildman–Crippen LogP) is 3.85. The zero-order valence-corrected chi connectivity index (χ0v) is 12.1. The van der Waals surface area contributed by atoms with Crippen molar-refractivity contribution < 1.29 is 4.92 Å². The molecule has 0 saturated carbocycles. The van der Waals surface area contributed by atoms with E-state index in [1.807, 2.05) is 26.0 Å². The molecule has 0 aromatic heterocycles. The van der Waals surface area contributed by atoms with Crippen molar-refractivity contribution >= 4 is 5.69 Å². The van der Waals surface area contributed by atoms with Crippen molar-refractivity contribution in [1.82, 2.24) is 4.90 Å². The number of hydrogen-bond donors (Lipinski definition) is 0. The predicted molar refractivity (Wildman–Crippen MR) is 78.1 cm³/mol. The van der Waals surface area contributed by atoms with Crippen LogP contribution in [0.5, 0.6) is 0 Å². The Bertz CT molecular complexity index is 390. The topological polar surface area (TPSA) is 46.4 Å². The fourth-order valence-corrected chi connectivity index (χ4v) is 2.41. The summed E-state index contributed by atoms with van der Waals surface area (Å²) in [6, 6.07) is 6.89. The Morgan fingerprint density at radius 2 is 1.95 bits per heavy atom. The molecule has 1 aromatic carbocycles. The standard InChI is InChI=1S/C13H18N2O2.C2H6/c1-11-3-2-8-14(9-11)10-12-4-6-13(7-5-12)15(16)17;1-2/h4-7,11H,2-3,8-10H2,1H3;1-2H3/t11-;/m1./s1. The summed E-state index contributed by atoms with van der Waals surface area (Å²) >= 11 is 0. The van der Waals surface area contributed by atoms with E-state index in [0.717, 1.165) is 31.1 Å². The van der Waals surface area contributed by atoms with Gasteiger partial charge in [-0.15, -0.1) is 0 Å². The van der Waals surface area contributed by atoms with E-state index in [0.29, 0.717) is 0 Å². The van der Waals surface area contributed by atoms with Gasteiger partial charge in [0.25, 0.3) is 5.69 Å². The highest BCUT2D eigenvalue weighted by Gasteiger charge is 2.16. The average Bonchev–Trinajstić information content (AvgIpc) is 2.41. The highest BCUT2D eigenvalue weighted by atomic mass is 16.6. The van der Waals surface area contributed by atoms with Crippen molar-refractivity contribution in [3.8, 4) is 0 Å². The first-order valence-electron chi connectivity index (χ1n) is 7.11. The number of nitrogens with zero attached hydrogens (tertiary/aromatic N) is 2. The molecule has 106 valence electrons. The van der Waals surface area contributed by atoms with Crippen molar-refractivity contribution in [2.45, 2.75) is 40.2 Å². The average molecular weight is 264 g/mol. The molecule has 0 radical (unpaired) electrons. The third-order valence-corrected chi connectivity index (χ3v) is 3.29. The molecule has 0 spiro atoms. The molecule has 1 aliphatic heterocycles. The molecule has 1 heterocycles. The van der Waals surface area contributed by atoms with Crippen LogP contribution < -0.4 is 0 Å². The van der Waals surface area contributed by atoms with Crippen LogP contribution in [0.4, 0.5) is 5.69 Å². The Labute approximate surface area is 115 Å². The number of likely N-dealkylation sites (tertiary alicyclic amines) is 1. The van der Waals surface area contributed by atoms with Gasteiger partial charge in [-0.2, -0.15) is 0 Å². The van der Waals surface area contributed by atoms with Gasteiger partial charge in [0.05, 0.1) is 4.92 Å². The van der Waals surface area contributed by atoms with E-state index >= 15 is 0 Å². The van der Waals surface area contributed by atoms with Crippen molar-refractivity contribution in [2.75, 3.05) is 13.1 Å². The Balaban J connectivity index is 0.000000861. The summed E-state index contributed by atoms with van der Waals surface area (Å²) in [6.45, 7) is 9.46. The minimum atomic E-state index is -0.354. The molecule has 1 aromatic rings. The van der Waals surface area contributed by atoms with Gasteiger partial charge in [-0.25, -0.2) is 0 Å². The highest BCUT2D eigenvalue weighted by molar-refractivity contribution is 5.32. The zero-order valence-electron chi connectivity index (χ0n) is 12.1. The number of non-ortho nitro benzene ring substituents is 1. The van der Waals surface area contributed by atoms with Gasteiger partial charge in [-0.05, 0) is 30.9 Å². The second-order valence-corrected chi connectivity index (χ2v) is 4.91. The SMILES string of the molecule is CC.C[C@@H]1CCCN(Cc2ccc([N+](=O)[O-])cc2)C1. The third kappa shape index (κ3) is 4.99. The number of nitro groups is 1. The fraction of sp³-hybridized carbons (Fsp3) is 0.600. The summed E-state index contributed by atoms with van der Waals surface area (Å²) in [7, 11) is 0. The molecule has 0 N–H and O–H groups in total. The summed E-state index contributed by atoms with van der Waals surface area (Å²) in [5.74, 6) is 0.766. The molecular formula is C15H24N2O2. The van der Waals surface area contributed by atoms with E-state index in [-0.39, 0.29) is 10.6 Å². The summed E-state index contributed by atoms with van der Waals surface area (Å²) in [4.78, 5) is 12.6. The van der Waals surface area contributed by atoms with E-state index < -0.39 is 0 Å². The molecule has 19 heavy (non-hydrogen) atoms. The molecule has 4 heteroatoms. The van der Waals surface area contributed by atoms with Crippen molar-refractivity contribution in [2.24, 2.45) is 5.92 Å². The van der Waals surface area contributed by atoms with Crippen LogP contribution in [-0.2, 0) is 6.54 Å². The molecule has 0 amide bonds. The van der Waals surface area contributed by atoms with Crippen LogP contribution in [0.3, 0.4) is 0 Å². The second-order valence-electron chi connectivity index (χ2n) is 4.91. The number of hydrogen-bond acceptors (Lipinski definition) is 3. The second kappa shape index (κ2) is 7.89. The van der Waals surface area contributed by atoms with E-state index in [2.05, 4.69) is 11.8 Å². The molecule has 1 saturated heterocycles. The molecule has 0 unspecified atom stereocenters. The summed E-state index contributed by atoms with van der Waals surface area (Å²) in [5.41, 5.74) is 1.32. The Hall–Kier alpha value is -1.42. The minimum absolute atomic E-state index is 0.167. The maximum atomic E-state index is 10.5. The Morgan fingerprint density at radius 3 is 2.47 bits per heavy atom. The molecule has 4 nitrogen and oxygen atoms in total. The maximum Gasteiger partial charge on any atom is 0.269 e. The summed E-state index contributed by atoms with van der Waals surface area (Å²) in [6.07, 6.45) is 2.57. The lowest BCUT2D eigenvalue weighted by atomic mass is 10.00. The van der Waals surface area contributed by atoms with Crippen LogP contribution in [-0.4, -0.2) is 22.9 Å². The van der Waals surface area contributed by atoms with Crippen LogP contribution in [0.1, 0.15) is 39.2 Å². The van der Waals surface area contributed by atoms with E-state index in [4.69, 9.17) is 0 Å². The largest absolute Gasteiger partial charge is 0.299 e. The Kier molecular flexibility index (Phi) is 6.50. The third-order valence-electron chi connectivity index (χ3n) is 3.29. The van der Waals surface area contributed by atoms with Crippen LogP contribution in [0, 0.1) is 16.0 Å². The number of nitro benzene ring substituents is 1. The van der Waals surface area contributed by atoms with Crippen molar-refractivity contribution in [3.05, 3.63) is 39.9 Å². The van der Waals surface area contributed by atoms with Gasteiger partial charge >= 0.3 is 0 Å². The number of benzene rings is 1. The molecule has 0 aliphatic carbocycles. The molecule has 1 atom stereocenters. The normalized spacial score (nSPS) is 19.4. The van der Waals surface area contributed by atoms with Gasteiger partial charge in [0.1, 0.15) is 0 Å². The summed E-state index contributed by atoms with van der Waals surface area (Å²) in [5, 5.41) is 10.5. The fourth-order valence-electron chi connectivity index (χ4n) is 2.41. The molecule has 2 rings (SSSR count). The molecule has 1 aliphatic rings. The first-order valence-corrected chi connectivity index (χ1v) is 7.11. The lowest BCUT2D eigenvalue weighted by molar-refractivity contribution is -0.384. The van der Waals surface area contributed by atoms with Crippen LogP contribution in [0.25, 0.3) is 0 Å². The van der Waals surface area contributed by atoms with Crippen LogP contribution in [0.15, 0.2) is 24.3 Å². The quantitative estimate of drug-likeness (QED) is 0.615. The van der Waals surface area contributed by atoms with Gasteiger partial charge in [0.15, 0.2) is 0 Å². The number of piperidine rings is 1. The van der Waals surface area contributed by atoms with Gasteiger partial charge in [0.2, 0.25) is 0 Å². The van der Waals surface area contributed by atoms with Crippen molar-refractivity contribution in [1.29, 1.82) is 0 Å². The van der Waals surface area contributed by atoms with E-state index in [1.165, 1.54) is 12.8 Å². The lowest BCUT2D eigenvalue weighted by Gasteiger charge is -2.30. The monoisotopic (exact) mass is 264 g/mol. The van der Waals surface area contributed by atoms with Gasteiger partial charge in [-0.3, -0.25) is 15.0 Å². The Morgan fingerprint density at radius 1 is 1.32 bits per heavy atom. The van der Waals surface area contributed by atoms with E-state index in [9.17, 15) is 10.1 Å². The summed E-state index contributed by atoms with van der Waals surface area (Å²) < 4.78 is 0. The highest BCUT2D eigenvalue weighted by Crippen LogP contribution is 2.19. The van der Waals surface area contributed by atoms with Crippen LogP contribution in [0.2, 0.25) is 0 Å². The molecular weight excluding hydrogens is 240 g/mol. The maximum absolute atomic E-state index is 10.5. The lowest BCUT2D eigenvalue weighted by Crippen LogP contribution is -2.33. The first-order chi connectivity index (χ1) is 9.15. The van der Waals surface area contributed by atoms with Crippen LogP contribution >= 0.6 is 0 Å². The molecule has 0 bridgehead atoms.